The van der Waals surface area contributed by atoms with Crippen LogP contribution < -0.4 is 5.32 Å². The summed E-state index contributed by atoms with van der Waals surface area (Å²) < 4.78 is 0. The number of nitrogens with zero attached hydrogens (tertiary/aromatic N) is 1. The van der Waals surface area contributed by atoms with E-state index in [4.69, 9.17) is 10.4 Å². The topological polar surface area (TPSA) is 73.1 Å². The Kier molecular flexibility index (Phi) is 4.34. The molecule has 0 aromatic heterocycles. The van der Waals surface area contributed by atoms with Crippen molar-refractivity contribution in [1.29, 1.82) is 5.26 Å². The molecule has 0 saturated carbocycles. The number of aliphatic carboxylic acids is 1. The van der Waals surface area contributed by atoms with Gasteiger partial charge in [0.1, 0.15) is 6.04 Å². The molecule has 0 saturated heterocycles. The molecule has 4 nitrogen and oxygen atoms in total. The van der Waals surface area contributed by atoms with E-state index < -0.39 is 12.0 Å². The Bertz CT molecular complexity index is 410. The number of benzene rings is 1. The minimum atomic E-state index is -0.871. The quantitative estimate of drug-likeness (QED) is 0.794. The number of carboxylic acids is 1. The molecule has 4 heteroatoms. The van der Waals surface area contributed by atoms with Crippen molar-refractivity contribution in [3.63, 3.8) is 0 Å². The van der Waals surface area contributed by atoms with E-state index in [1.807, 2.05) is 13.0 Å². The van der Waals surface area contributed by atoms with E-state index in [2.05, 4.69) is 5.32 Å². The first kappa shape index (κ1) is 12.1. The van der Waals surface area contributed by atoms with Crippen molar-refractivity contribution < 1.29 is 9.90 Å². The second-order valence-electron chi connectivity index (χ2n) is 3.52. The third kappa shape index (κ3) is 3.28. The molecule has 0 aliphatic carbocycles. The molecule has 1 aromatic carbocycles. The maximum Gasteiger partial charge on any atom is 0.326 e. The van der Waals surface area contributed by atoms with Crippen LogP contribution in [0.5, 0.6) is 0 Å². The molecule has 0 amide bonds. The molecule has 1 unspecified atom stereocenters. The van der Waals surface area contributed by atoms with Gasteiger partial charge < -0.3 is 10.4 Å². The third-order valence-electron chi connectivity index (χ3n) is 2.21. The number of anilines is 1. The Labute approximate surface area is 94.5 Å². The Morgan fingerprint density at radius 3 is 2.94 bits per heavy atom. The molecule has 0 radical (unpaired) electrons. The van der Waals surface area contributed by atoms with Gasteiger partial charge in [-0.15, -0.1) is 0 Å². The van der Waals surface area contributed by atoms with E-state index in [1.165, 1.54) is 0 Å². The molecule has 16 heavy (non-hydrogen) atoms. The Morgan fingerprint density at radius 2 is 2.38 bits per heavy atom. The van der Waals surface area contributed by atoms with Crippen molar-refractivity contribution in [3.8, 4) is 6.07 Å². The van der Waals surface area contributed by atoms with E-state index in [-0.39, 0.29) is 0 Å². The molecule has 0 heterocycles. The van der Waals surface area contributed by atoms with Crippen molar-refractivity contribution in [3.05, 3.63) is 29.8 Å². The lowest BCUT2D eigenvalue weighted by Gasteiger charge is -2.14. The smallest absolute Gasteiger partial charge is 0.326 e. The molecule has 0 fully saturated rings. The van der Waals surface area contributed by atoms with Gasteiger partial charge in [0, 0.05) is 5.69 Å². The predicted molar refractivity (Wildman–Crippen MR) is 61.1 cm³/mol. The largest absolute Gasteiger partial charge is 0.480 e. The van der Waals surface area contributed by atoms with Gasteiger partial charge in [0.2, 0.25) is 0 Å². The van der Waals surface area contributed by atoms with Crippen LogP contribution in [0.15, 0.2) is 24.3 Å². The van der Waals surface area contributed by atoms with Crippen LogP contribution in [0.1, 0.15) is 25.3 Å². The van der Waals surface area contributed by atoms with Gasteiger partial charge in [0.25, 0.3) is 0 Å². The van der Waals surface area contributed by atoms with E-state index in [1.54, 1.807) is 24.3 Å². The number of rotatable bonds is 5. The molecule has 0 aliphatic rings. The van der Waals surface area contributed by atoms with Gasteiger partial charge in [-0.3, -0.25) is 0 Å². The summed E-state index contributed by atoms with van der Waals surface area (Å²) in [6.45, 7) is 1.93. The van der Waals surface area contributed by atoms with Crippen LogP contribution in [-0.4, -0.2) is 17.1 Å². The molecule has 1 atom stereocenters. The fourth-order valence-electron chi connectivity index (χ4n) is 1.43. The number of hydrogen-bond donors (Lipinski definition) is 2. The number of carboxylic acid groups (broad SMARTS) is 1. The maximum atomic E-state index is 10.9. The highest BCUT2D eigenvalue weighted by Crippen LogP contribution is 2.13. The normalized spacial score (nSPS) is 11.5. The van der Waals surface area contributed by atoms with Gasteiger partial charge in [0.15, 0.2) is 0 Å². The summed E-state index contributed by atoms with van der Waals surface area (Å²) in [4.78, 5) is 10.9. The van der Waals surface area contributed by atoms with E-state index in [9.17, 15) is 4.79 Å². The summed E-state index contributed by atoms with van der Waals surface area (Å²) in [6.07, 6.45) is 1.36. The predicted octanol–water partition coefficient (Wildman–Crippen LogP) is 2.22. The van der Waals surface area contributed by atoms with Crippen molar-refractivity contribution >= 4 is 11.7 Å². The Morgan fingerprint density at radius 1 is 1.62 bits per heavy atom. The highest BCUT2D eigenvalue weighted by Gasteiger charge is 2.15. The molecule has 84 valence electrons. The second-order valence-corrected chi connectivity index (χ2v) is 3.52. The summed E-state index contributed by atoms with van der Waals surface area (Å²) in [6, 6.07) is 8.23. The van der Waals surface area contributed by atoms with E-state index in [0.29, 0.717) is 17.7 Å². The molecular weight excluding hydrogens is 204 g/mol. The van der Waals surface area contributed by atoms with Crippen LogP contribution in [-0.2, 0) is 4.79 Å². The minimum absolute atomic E-state index is 0.519. The number of carbonyl (C=O) groups is 1. The molecule has 0 bridgehead atoms. The first-order valence-electron chi connectivity index (χ1n) is 5.17. The number of nitrogens with one attached hydrogen (secondary N) is 1. The van der Waals surface area contributed by atoms with E-state index >= 15 is 0 Å². The lowest BCUT2D eigenvalue weighted by molar-refractivity contribution is -0.138. The highest BCUT2D eigenvalue weighted by atomic mass is 16.4. The van der Waals surface area contributed by atoms with E-state index in [0.717, 1.165) is 6.42 Å². The highest BCUT2D eigenvalue weighted by molar-refractivity contribution is 5.77. The maximum absolute atomic E-state index is 10.9. The van der Waals surface area contributed by atoms with Crippen LogP contribution in [0.2, 0.25) is 0 Å². The van der Waals surface area contributed by atoms with Crippen LogP contribution in [0.4, 0.5) is 5.69 Å². The summed E-state index contributed by atoms with van der Waals surface area (Å²) in [5.74, 6) is -0.871. The average Bonchev–Trinajstić information content (AvgIpc) is 2.28. The van der Waals surface area contributed by atoms with Crippen LogP contribution >= 0.6 is 0 Å². The summed E-state index contributed by atoms with van der Waals surface area (Å²) in [5.41, 5.74) is 1.19. The zero-order valence-electron chi connectivity index (χ0n) is 9.10. The van der Waals surface area contributed by atoms with Gasteiger partial charge in [-0.1, -0.05) is 19.4 Å². The molecule has 0 spiro atoms. The number of nitriles is 1. The molecular formula is C12H14N2O2. The minimum Gasteiger partial charge on any atom is -0.480 e. The van der Waals surface area contributed by atoms with Gasteiger partial charge in [-0.2, -0.15) is 5.26 Å². The fraction of sp³-hybridized carbons (Fsp3) is 0.333. The van der Waals surface area contributed by atoms with Crippen molar-refractivity contribution in [1.82, 2.24) is 0 Å². The lowest BCUT2D eigenvalue weighted by Crippen LogP contribution is -2.28. The zero-order valence-corrected chi connectivity index (χ0v) is 9.10. The first-order chi connectivity index (χ1) is 7.67. The molecule has 1 rings (SSSR count). The van der Waals surface area contributed by atoms with Crippen molar-refractivity contribution in [2.45, 2.75) is 25.8 Å². The van der Waals surface area contributed by atoms with Crippen LogP contribution in [0, 0.1) is 11.3 Å². The average molecular weight is 218 g/mol. The molecule has 1 aromatic rings. The molecule has 2 N–H and O–H groups in total. The summed E-state index contributed by atoms with van der Waals surface area (Å²) in [5, 5.41) is 20.6. The van der Waals surface area contributed by atoms with Crippen LogP contribution in [0.3, 0.4) is 0 Å². The lowest BCUT2D eigenvalue weighted by atomic mass is 10.1. The first-order valence-corrected chi connectivity index (χ1v) is 5.17. The fourth-order valence-corrected chi connectivity index (χ4v) is 1.43. The zero-order chi connectivity index (χ0) is 12.0. The molecule has 0 aliphatic heterocycles. The standard InChI is InChI=1S/C12H14N2O2/c1-2-4-11(12(15)16)14-10-6-3-5-9(7-10)8-13/h3,5-7,11,14H,2,4H2,1H3,(H,15,16). The van der Waals surface area contributed by atoms with Gasteiger partial charge in [-0.05, 0) is 24.6 Å². The Balaban J connectivity index is 2.77. The van der Waals surface area contributed by atoms with Crippen molar-refractivity contribution in [2.24, 2.45) is 0 Å². The van der Waals surface area contributed by atoms with Gasteiger partial charge >= 0.3 is 5.97 Å². The third-order valence-corrected chi connectivity index (χ3v) is 2.21. The summed E-state index contributed by atoms with van der Waals surface area (Å²) in [7, 11) is 0. The van der Waals surface area contributed by atoms with Crippen LogP contribution in [0.25, 0.3) is 0 Å². The second kappa shape index (κ2) is 5.76. The van der Waals surface area contributed by atoms with Crippen molar-refractivity contribution in [2.75, 3.05) is 5.32 Å². The van der Waals surface area contributed by atoms with Gasteiger partial charge in [-0.25, -0.2) is 4.79 Å². The SMILES string of the molecule is CCCC(Nc1cccc(C#N)c1)C(=O)O. The van der Waals surface area contributed by atoms with Gasteiger partial charge in [0.05, 0.1) is 11.6 Å². The Hall–Kier alpha value is -2.02. The summed E-state index contributed by atoms with van der Waals surface area (Å²) >= 11 is 0. The number of hydrogen-bond acceptors (Lipinski definition) is 3. The monoisotopic (exact) mass is 218 g/mol.